The molecule has 1 rings (SSSR count). The Kier molecular flexibility index (Phi) is 7.48. The number of nitrogen functional groups attached to an aromatic ring is 1. The Morgan fingerprint density at radius 3 is 2.27 bits per heavy atom. The average Bonchev–Trinajstić information content (AvgIpc) is 2.49. The molecule has 0 aliphatic carbocycles. The number of carbonyl (C=O) groups is 2. The second-order valence-electron chi connectivity index (χ2n) is 8.08. The van der Waals surface area contributed by atoms with E-state index in [1.807, 2.05) is 39.8 Å². The van der Waals surface area contributed by atoms with Crippen LogP contribution >= 0.6 is 0 Å². The van der Waals surface area contributed by atoms with Gasteiger partial charge in [0.25, 0.3) is 0 Å². The Labute approximate surface area is 156 Å². The van der Waals surface area contributed by atoms with E-state index in [0.717, 1.165) is 5.56 Å². The van der Waals surface area contributed by atoms with Crippen LogP contribution in [0.4, 0.5) is 16.2 Å². The molecule has 146 valence electrons. The summed E-state index contributed by atoms with van der Waals surface area (Å²) in [5.74, 6) is -0.106. The predicted octanol–water partition coefficient (Wildman–Crippen LogP) is 4.33. The van der Waals surface area contributed by atoms with Crippen LogP contribution in [0.15, 0.2) is 18.2 Å². The minimum atomic E-state index is -0.693. The molecular formula is C20H32N2O4. The maximum Gasteiger partial charge on any atom is 0.415 e. The summed E-state index contributed by atoms with van der Waals surface area (Å²) in [6.45, 7) is 13.3. The smallest absolute Gasteiger partial charge is 0.415 e. The molecule has 26 heavy (non-hydrogen) atoms. The van der Waals surface area contributed by atoms with Gasteiger partial charge in [0.15, 0.2) is 0 Å². The number of ether oxygens (including phenoxy) is 2. The second kappa shape index (κ2) is 8.92. The normalized spacial score (nSPS) is 11.6. The van der Waals surface area contributed by atoms with E-state index in [1.54, 1.807) is 26.8 Å². The van der Waals surface area contributed by atoms with Gasteiger partial charge in [-0.2, -0.15) is 0 Å². The van der Waals surface area contributed by atoms with Crippen LogP contribution in [0.5, 0.6) is 0 Å². The number of para-hydroxylation sites is 1. The Hall–Kier alpha value is -2.24. The summed E-state index contributed by atoms with van der Waals surface area (Å²) < 4.78 is 10.7. The summed E-state index contributed by atoms with van der Waals surface area (Å²) in [6, 6.07) is 5.44. The first-order valence-corrected chi connectivity index (χ1v) is 8.97. The lowest BCUT2D eigenvalue weighted by molar-refractivity contribution is -0.143. The van der Waals surface area contributed by atoms with Gasteiger partial charge in [0, 0.05) is 0 Å². The fourth-order valence-corrected chi connectivity index (χ4v) is 2.31. The number of benzene rings is 1. The number of hydrogen-bond acceptors (Lipinski definition) is 5. The fourth-order valence-electron chi connectivity index (χ4n) is 2.31. The number of anilines is 2. The highest BCUT2D eigenvalue weighted by molar-refractivity contribution is 5.97. The zero-order valence-electron chi connectivity index (χ0n) is 17.0. The molecule has 6 nitrogen and oxygen atoms in total. The Balaban J connectivity index is 3.18. The molecule has 6 heteroatoms. The summed E-state index contributed by atoms with van der Waals surface area (Å²) >= 11 is 0. The van der Waals surface area contributed by atoms with E-state index in [0.29, 0.717) is 18.0 Å². The molecule has 1 amide bonds. The monoisotopic (exact) mass is 364 g/mol. The summed E-state index contributed by atoms with van der Waals surface area (Å²) in [6.07, 6.45) is -0.633. The molecule has 0 heterocycles. The molecule has 0 aliphatic rings. The molecule has 2 N–H and O–H groups in total. The Morgan fingerprint density at radius 1 is 1.15 bits per heavy atom. The molecule has 1 aromatic carbocycles. The lowest BCUT2D eigenvalue weighted by Crippen LogP contribution is -2.41. The maximum atomic E-state index is 12.7. The lowest BCUT2D eigenvalue weighted by atomic mass is 10.00. The van der Waals surface area contributed by atoms with Crippen molar-refractivity contribution in [3.63, 3.8) is 0 Å². The standard InChI is InChI=1S/C20H32N2O4/c1-13(2)12-25-17(23)11-22(19(24)26-20(5,6)7)16-10-8-9-15(14(3)4)18(16)21/h8-10,13-14H,11-12,21H2,1-7H3. The van der Waals surface area contributed by atoms with Crippen molar-refractivity contribution in [1.29, 1.82) is 0 Å². The third kappa shape index (κ3) is 6.58. The maximum absolute atomic E-state index is 12.7. The summed E-state index contributed by atoms with van der Waals surface area (Å²) in [7, 11) is 0. The highest BCUT2D eigenvalue weighted by Crippen LogP contribution is 2.32. The topological polar surface area (TPSA) is 81.9 Å². The summed E-state index contributed by atoms with van der Waals surface area (Å²) in [5.41, 5.74) is 7.41. The number of amides is 1. The van der Waals surface area contributed by atoms with Gasteiger partial charge in [0.1, 0.15) is 12.1 Å². The summed E-state index contributed by atoms with van der Waals surface area (Å²) in [4.78, 5) is 26.2. The number of nitrogens with zero attached hydrogens (tertiary/aromatic N) is 1. The van der Waals surface area contributed by atoms with Gasteiger partial charge in [-0.25, -0.2) is 4.79 Å². The van der Waals surface area contributed by atoms with Crippen molar-refractivity contribution in [2.24, 2.45) is 5.92 Å². The van der Waals surface area contributed by atoms with Crippen LogP contribution in [0.25, 0.3) is 0 Å². The van der Waals surface area contributed by atoms with Gasteiger partial charge in [0.05, 0.1) is 18.0 Å². The van der Waals surface area contributed by atoms with E-state index in [2.05, 4.69) is 0 Å². The Morgan fingerprint density at radius 2 is 1.77 bits per heavy atom. The second-order valence-corrected chi connectivity index (χ2v) is 8.08. The lowest BCUT2D eigenvalue weighted by Gasteiger charge is -2.28. The molecular weight excluding hydrogens is 332 g/mol. The van der Waals surface area contributed by atoms with Crippen LogP contribution in [0.1, 0.15) is 59.9 Å². The highest BCUT2D eigenvalue weighted by Gasteiger charge is 2.28. The molecule has 0 atom stereocenters. The van der Waals surface area contributed by atoms with Crippen molar-refractivity contribution >= 4 is 23.4 Å². The van der Waals surface area contributed by atoms with E-state index < -0.39 is 17.7 Å². The minimum Gasteiger partial charge on any atom is -0.464 e. The van der Waals surface area contributed by atoms with Gasteiger partial charge in [-0.15, -0.1) is 0 Å². The van der Waals surface area contributed by atoms with Gasteiger partial charge in [-0.05, 0) is 44.2 Å². The molecule has 0 radical (unpaired) electrons. The third-order valence-electron chi connectivity index (χ3n) is 3.51. The molecule has 0 fully saturated rings. The van der Waals surface area contributed by atoms with E-state index in [1.165, 1.54) is 4.90 Å². The molecule has 0 aliphatic heterocycles. The van der Waals surface area contributed by atoms with Crippen molar-refractivity contribution in [1.82, 2.24) is 0 Å². The van der Waals surface area contributed by atoms with Crippen LogP contribution in [0, 0.1) is 5.92 Å². The molecule has 0 bridgehead atoms. The quantitative estimate of drug-likeness (QED) is 0.600. The SMILES string of the molecule is CC(C)COC(=O)CN(C(=O)OC(C)(C)C)c1cccc(C(C)C)c1N. The highest BCUT2D eigenvalue weighted by atomic mass is 16.6. The molecule has 1 aromatic rings. The first kappa shape index (κ1) is 21.8. The van der Waals surface area contributed by atoms with Gasteiger partial charge < -0.3 is 15.2 Å². The van der Waals surface area contributed by atoms with Crippen LogP contribution in [-0.2, 0) is 14.3 Å². The van der Waals surface area contributed by atoms with E-state index in [9.17, 15) is 9.59 Å². The van der Waals surface area contributed by atoms with Crippen molar-refractivity contribution in [3.05, 3.63) is 23.8 Å². The third-order valence-corrected chi connectivity index (χ3v) is 3.51. The van der Waals surface area contributed by atoms with E-state index >= 15 is 0 Å². The first-order chi connectivity index (χ1) is 11.9. The van der Waals surface area contributed by atoms with E-state index in [4.69, 9.17) is 15.2 Å². The summed E-state index contributed by atoms with van der Waals surface area (Å²) in [5, 5.41) is 0. The first-order valence-electron chi connectivity index (χ1n) is 8.97. The minimum absolute atomic E-state index is 0.184. The molecule has 0 saturated carbocycles. The zero-order valence-corrected chi connectivity index (χ0v) is 17.0. The average molecular weight is 364 g/mol. The molecule has 0 aromatic heterocycles. The van der Waals surface area contributed by atoms with Crippen molar-refractivity contribution in [2.45, 2.75) is 60.0 Å². The van der Waals surface area contributed by atoms with Crippen molar-refractivity contribution in [3.8, 4) is 0 Å². The number of nitrogens with two attached hydrogens (primary N) is 1. The largest absolute Gasteiger partial charge is 0.464 e. The predicted molar refractivity (Wildman–Crippen MR) is 104 cm³/mol. The molecule has 0 unspecified atom stereocenters. The fraction of sp³-hybridized carbons (Fsp3) is 0.600. The van der Waals surface area contributed by atoms with Gasteiger partial charge in [0.2, 0.25) is 0 Å². The van der Waals surface area contributed by atoms with Gasteiger partial charge in [-0.3, -0.25) is 9.69 Å². The van der Waals surface area contributed by atoms with Crippen molar-refractivity contribution in [2.75, 3.05) is 23.8 Å². The van der Waals surface area contributed by atoms with E-state index in [-0.39, 0.29) is 18.4 Å². The Bertz CT molecular complexity index is 633. The van der Waals surface area contributed by atoms with Gasteiger partial charge >= 0.3 is 12.1 Å². The van der Waals surface area contributed by atoms with Crippen LogP contribution in [0.2, 0.25) is 0 Å². The molecule has 0 saturated heterocycles. The van der Waals surface area contributed by atoms with Crippen molar-refractivity contribution < 1.29 is 19.1 Å². The van der Waals surface area contributed by atoms with Crippen LogP contribution < -0.4 is 10.6 Å². The molecule has 0 spiro atoms. The zero-order chi connectivity index (χ0) is 20.1. The number of hydrogen-bond donors (Lipinski definition) is 1. The number of carbonyl (C=O) groups excluding carboxylic acids is 2. The van der Waals surface area contributed by atoms with Crippen LogP contribution in [0.3, 0.4) is 0 Å². The van der Waals surface area contributed by atoms with Crippen LogP contribution in [-0.4, -0.2) is 30.8 Å². The van der Waals surface area contributed by atoms with Gasteiger partial charge in [-0.1, -0.05) is 39.8 Å². The number of rotatable bonds is 6. The number of esters is 1.